The summed E-state index contributed by atoms with van der Waals surface area (Å²) in [6, 6.07) is 0.449. The number of nitrogens with one attached hydrogen (secondary N) is 1. The van der Waals surface area contributed by atoms with Gasteiger partial charge >= 0.3 is 5.97 Å². The SMILES string of the molecule is COCC(NC1CCCC1)(C(=O)OC)C1CC1. The first kappa shape index (κ1) is 12.8. The van der Waals surface area contributed by atoms with E-state index in [2.05, 4.69) is 5.32 Å². The lowest BCUT2D eigenvalue weighted by Gasteiger charge is -2.34. The average Bonchev–Trinajstić information content (AvgIpc) is 3.07. The van der Waals surface area contributed by atoms with Crippen LogP contribution in [0.25, 0.3) is 0 Å². The lowest BCUT2D eigenvalue weighted by molar-refractivity contribution is -0.153. The summed E-state index contributed by atoms with van der Waals surface area (Å²) < 4.78 is 10.3. The molecule has 0 heterocycles. The molecule has 0 spiro atoms. The topological polar surface area (TPSA) is 47.6 Å². The molecule has 4 nitrogen and oxygen atoms in total. The smallest absolute Gasteiger partial charge is 0.328 e. The van der Waals surface area contributed by atoms with E-state index in [1.54, 1.807) is 7.11 Å². The Morgan fingerprint density at radius 1 is 1.24 bits per heavy atom. The molecular weight excluding hydrogens is 218 g/mol. The average molecular weight is 241 g/mol. The predicted octanol–water partition coefficient (Wildman–Crippen LogP) is 1.49. The second-order valence-electron chi connectivity index (χ2n) is 5.30. The van der Waals surface area contributed by atoms with E-state index >= 15 is 0 Å². The fraction of sp³-hybridized carbons (Fsp3) is 0.923. The van der Waals surface area contributed by atoms with Gasteiger partial charge in [0.15, 0.2) is 0 Å². The Bertz CT molecular complexity index is 272. The highest BCUT2D eigenvalue weighted by Crippen LogP contribution is 2.41. The molecule has 1 N–H and O–H groups in total. The third-order valence-corrected chi connectivity index (χ3v) is 4.01. The molecule has 98 valence electrons. The van der Waals surface area contributed by atoms with Gasteiger partial charge in [-0.15, -0.1) is 0 Å². The van der Waals surface area contributed by atoms with Gasteiger partial charge in [-0.05, 0) is 31.6 Å². The number of hydrogen-bond acceptors (Lipinski definition) is 4. The number of esters is 1. The molecule has 2 aliphatic rings. The summed E-state index contributed by atoms with van der Waals surface area (Å²) in [7, 11) is 3.11. The van der Waals surface area contributed by atoms with E-state index in [1.165, 1.54) is 20.0 Å². The van der Waals surface area contributed by atoms with E-state index in [9.17, 15) is 4.79 Å². The molecule has 0 aromatic heterocycles. The molecule has 0 saturated heterocycles. The molecule has 0 bridgehead atoms. The highest BCUT2D eigenvalue weighted by Gasteiger charge is 2.53. The molecule has 4 heteroatoms. The maximum Gasteiger partial charge on any atom is 0.328 e. The van der Waals surface area contributed by atoms with Gasteiger partial charge in [-0.3, -0.25) is 5.32 Å². The summed E-state index contributed by atoms with van der Waals surface area (Å²) >= 11 is 0. The first-order valence-corrected chi connectivity index (χ1v) is 6.58. The van der Waals surface area contributed by atoms with Crippen LogP contribution in [0.2, 0.25) is 0 Å². The third kappa shape index (κ3) is 2.63. The van der Waals surface area contributed by atoms with Gasteiger partial charge in [0, 0.05) is 13.2 Å². The van der Waals surface area contributed by atoms with Crippen LogP contribution < -0.4 is 5.32 Å². The van der Waals surface area contributed by atoms with Crippen LogP contribution in [0.5, 0.6) is 0 Å². The van der Waals surface area contributed by atoms with Crippen molar-refractivity contribution < 1.29 is 14.3 Å². The number of carbonyl (C=O) groups is 1. The van der Waals surface area contributed by atoms with E-state index in [1.807, 2.05) is 0 Å². The molecule has 1 unspecified atom stereocenters. The van der Waals surface area contributed by atoms with Crippen molar-refractivity contribution in [1.82, 2.24) is 5.32 Å². The molecule has 1 atom stereocenters. The fourth-order valence-corrected chi connectivity index (χ4v) is 2.98. The number of hydrogen-bond donors (Lipinski definition) is 1. The molecule has 2 saturated carbocycles. The Hall–Kier alpha value is -0.610. The van der Waals surface area contributed by atoms with Crippen molar-refractivity contribution in [3.05, 3.63) is 0 Å². The van der Waals surface area contributed by atoms with Crippen LogP contribution in [-0.2, 0) is 14.3 Å². The summed E-state index contributed by atoms with van der Waals surface area (Å²) in [5.74, 6) is 0.226. The van der Waals surface area contributed by atoms with Crippen molar-refractivity contribution in [3.8, 4) is 0 Å². The van der Waals surface area contributed by atoms with Gasteiger partial charge in [-0.2, -0.15) is 0 Å². The van der Waals surface area contributed by atoms with E-state index < -0.39 is 5.54 Å². The van der Waals surface area contributed by atoms with Gasteiger partial charge in [0.1, 0.15) is 5.54 Å². The van der Waals surface area contributed by atoms with Crippen LogP contribution in [0.15, 0.2) is 0 Å². The van der Waals surface area contributed by atoms with Crippen LogP contribution in [0, 0.1) is 5.92 Å². The van der Waals surface area contributed by atoms with E-state index in [0.29, 0.717) is 18.6 Å². The third-order valence-electron chi connectivity index (χ3n) is 4.01. The minimum Gasteiger partial charge on any atom is -0.468 e. The van der Waals surface area contributed by atoms with Gasteiger partial charge < -0.3 is 9.47 Å². The van der Waals surface area contributed by atoms with Crippen LogP contribution >= 0.6 is 0 Å². The normalized spacial score (nSPS) is 24.6. The summed E-state index contributed by atoms with van der Waals surface area (Å²) in [5.41, 5.74) is -0.599. The summed E-state index contributed by atoms with van der Waals surface area (Å²) in [6.07, 6.45) is 7.03. The van der Waals surface area contributed by atoms with Crippen LogP contribution in [0.1, 0.15) is 38.5 Å². The fourth-order valence-electron chi connectivity index (χ4n) is 2.98. The second-order valence-corrected chi connectivity index (χ2v) is 5.30. The van der Waals surface area contributed by atoms with Crippen molar-refractivity contribution in [1.29, 1.82) is 0 Å². The Morgan fingerprint density at radius 2 is 1.88 bits per heavy atom. The quantitative estimate of drug-likeness (QED) is 0.716. The first-order chi connectivity index (χ1) is 8.23. The monoisotopic (exact) mass is 241 g/mol. The van der Waals surface area contributed by atoms with Crippen molar-refractivity contribution in [3.63, 3.8) is 0 Å². The highest BCUT2D eigenvalue weighted by molar-refractivity contribution is 5.82. The van der Waals surface area contributed by atoms with Crippen molar-refractivity contribution in [2.45, 2.75) is 50.1 Å². The van der Waals surface area contributed by atoms with Gasteiger partial charge in [0.05, 0.1) is 13.7 Å². The zero-order valence-corrected chi connectivity index (χ0v) is 10.8. The van der Waals surface area contributed by atoms with E-state index in [0.717, 1.165) is 25.7 Å². The largest absolute Gasteiger partial charge is 0.468 e. The van der Waals surface area contributed by atoms with Crippen LogP contribution in [0.3, 0.4) is 0 Å². The Morgan fingerprint density at radius 3 is 2.35 bits per heavy atom. The maximum absolute atomic E-state index is 12.1. The molecule has 0 aliphatic heterocycles. The molecular formula is C13H23NO3. The lowest BCUT2D eigenvalue weighted by Crippen LogP contribution is -2.60. The van der Waals surface area contributed by atoms with E-state index in [4.69, 9.17) is 9.47 Å². The van der Waals surface area contributed by atoms with E-state index in [-0.39, 0.29) is 5.97 Å². The number of rotatable bonds is 6. The zero-order valence-electron chi connectivity index (χ0n) is 10.8. The highest BCUT2D eigenvalue weighted by atomic mass is 16.5. The summed E-state index contributed by atoms with van der Waals surface area (Å²) in [4.78, 5) is 12.1. The number of methoxy groups -OCH3 is 2. The number of ether oxygens (including phenoxy) is 2. The van der Waals surface area contributed by atoms with Gasteiger partial charge in [-0.1, -0.05) is 12.8 Å². The molecule has 0 aromatic rings. The Labute approximate surface area is 103 Å². The summed E-state index contributed by atoms with van der Waals surface area (Å²) in [6.45, 7) is 0.418. The second kappa shape index (κ2) is 5.36. The van der Waals surface area contributed by atoms with Crippen LogP contribution in [0.4, 0.5) is 0 Å². The standard InChI is InChI=1S/C13H23NO3/c1-16-9-13(10-7-8-10,12(15)17-2)14-11-5-3-4-6-11/h10-11,14H,3-9H2,1-2H3. The molecule has 17 heavy (non-hydrogen) atoms. The molecule has 2 fully saturated rings. The molecule has 2 rings (SSSR count). The predicted molar refractivity (Wildman–Crippen MR) is 64.7 cm³/mol. The minimum atomic E-state index is -0.599. The van der Waals surface area contributed by atoms with Gasteiger partial charge in [-0.25, -0.2) is 4.79 Å². The molecule has 0 radical (unpaired) electrons. The minimum absolute atomic E-state index is 0.159. The summed E-state index contributed by atoms with van der Waals surface area (Å²) in [5, 5.41) is 3.54. The van der Waals surface area contributed by atoms with Crippen molar-refractivity contribution >= 4 is 5.97 Å². The Balaban J connectivity index is 2.10. The van der Waals surface area contributed by atoms with Crippen molar-refractivity contribution in [2.24, 2.45) is 5.92 Å². The molecule has 0 amide bonds. The van der Waals surface area contributed by atoms with Gasteiger partial charge in [0.25, 0.3) is 0 Å². The molecule has 0 aromatic carbocycles. The number of carbonyl (C=O) groups excluding carboxylic acids is 1. The maximum atomic E-state index is 12.1. The zero-order chi connectivity index (χ0) is 12.3. The lowest BCUT2D eigenvalue weighted by atomic mass is 9.92. The Kier molecular flexibility index (Phi) is 4.05. The van der Waals surface area contributed by atoms with Gasteiger partial charge in [0.2, 0.25) is 0 Å². The molecule has 2 aliphatic carbocycles. The first-order valence-electron chi connectivity index (χ1n) is 6.58. The van der Waals surface area contributed by atoms with Crippen LogP contribution in [-0.4, -0.2) is 38.4 Å². The van der Waals surface area contributed by atoms with Crippen molar-refractivity contribution in [2.75, 3.05) is 20.8 Å².